The monoisotopic (exact) mass is 539 g/mol. The van der Waals surface area contributed by atoms with Gasteiger partial charge in [0, 0.05) is 13.1 Å². The van der Waals surface area contributed by atoms with Crippen molar-refractivity contribution in [1.82, 2.24) is 15.5 Å². The maximum Gasteiger partial charge on any atom is 0.408 e. The number of nitrogens with zero attached hydrogens (tertiary/aromatic N) is 1. The molecule has 0 radical (unpaired) electrons. The second kappa shape index (κ2) is 15.1. The summed E-state index contributed by atoms with van der Waals surface area (Å²) in [7, 11) is 0. The van der Waals surface area contributed by atoms with E-state index in [0.29, 0.717) is 30.6 Å². The van der Waals surface area contributed by atoms with Gasteiger partial charge in [0.2, 0.25) is 11.8 Å². The van der Waals surface area contributed by atoms with E-state index < -0.39 is 23.8 Å². The van der Waals surface area contributed by atoms with Crippen molar-refractivity contribution < 1.29 is 24.2 Å². The molecular weight excluding hydrogens is 494 g/mol. The molecule has 2 atom stereocenters. The highest BCUT2D eigenvalue weighted by molar-refractivity contribution is 5.92. The van der Waals surface area contributed by atoms with Crippen LogP contribution < -0.4 is 10.6 Å². The lowest BCUT2D eigenvalue weighted by Gasteiger charge is -2.34. The molecule has 8 nitrogen and oxygen atoms in total. The van der Waals surface area contributed by atoms with Crippen LogP contribution in [0.3, 0.4) is 0 Å². The first kappa shape index (κ1) is 31.7. The van der Waals surface area contributed by atoms with Crippen LogP contribution in [0.5, 0.6) is 5.75 Å². The number of carbonyl (C=O) groups excluding carboxylic acids is 3. The Kier molecular flexibility index (Phi) is 12.3. The molecule has 3 N–H and O–H groups in total. The van der Waals surface area contributed by atoms with Crippen molar-refractivity contribution in [3.63, 3.8) is 0 Å². The van der Waals surface area contributed by atoms with Gasteiger partial charge in [-0.05, 0) is 69.9 Å². The van der Waals surface area contributed by atoms with E-state index in [-0.39, 0.29) is 17.6 Å². The fraction of sp³-hybridized carbons (Fsp3) is 0.516. The molecular formula is C31H45N3O5. The average molecular weight is 540 g/mol. The van der Waals surface area contributed by atoms with Gasteiger partial charge in [-0.25, -0.2) is 4.79 Å². The van der Waals surface area contributed by atoms with Crippen LogP contribution in [-0.4, -0.2) is 46.1 Å². The summed E-state index contributed by atoms with van der Waals surface area (Å²) in [6.45, 7) is 11.4. The van der Waals surface area contributed by atoms with Crippen molar-refractivity contribution in [2.75, 3.05) is 6.54 Å². The summed E-state index contributed by atoms with van der Waals surface area (Å²) in [4.78, 5) is 41.6. The molecule has 2 rings (SSSR count). The zero-order valence-electron chi connectivity index (χ0n) is 24.3. The molecule has 2 aromatic carbocycles. The number of nitrogens with one attached hydrogen (secondary N) is 2. The van der Waals surface area contributed by atoms with Gasteiger partial charge in [0.1, 0.15) is 23.4 Å². The smallest absolute Gasteiger partial charge is 0.408 e. The van der Waals surface area contributed by atoms with E-state index in [9.17, 15) is 19.5 Å². The Hall–Kier alpha value is -3.55. The molecule has 0 aliphatic heterocycles. The van der Waals surface area contributed by atoms with Crippen molar-refractivity contribution in [3.05, 3.63) is 65.2 Å². The fourth-order valence-corrected chi connectivity index (χ4v) is 4.25. The second-order valence-corrected chi connectivity index (χ2v) is 11.0. The summed E-state index contributed by atoms with van der Waals surface area (Å²) in [5.74, 6) is -0.614. The Bertz CT molecular complexity index is 1080. The van der Waals surface area contributed by atoms with Crippen LogP contribution in [0.25, 0.3) is 0 Å². The Morgan fingerprint density at radius 2 is 1.67 bits per heavy atom. The molecule has 8 heteroatoms. The minimum atomic E-state index is -0.949. The van der Waals surface area contributed by atoms with E-state index in [1.165, 1.54) is 6.07 Å². The Labute approximate surface area is 233 Å². The molecule has 0 saturated heterocycles. The number of rotatable bonds is 13. The molecule has 3 amide bonds. The molecule has 0 aromatic heterocycles. The standard InChI is InChI=1S/C31H45N3O5/c1-7-8-9-10-14-19-34(29(37)23(3)33-30(38)39-31(4,5)6)27(25-17-18-26(35)22(2)20-25)28(36)32-21-24-15-12-11-13-16-24/h11-13,15-18,20,23,27,35H,7-10,14,19,21H2,1-6H3,(H,32,36)(H,33,38). The molecule has 0 fully saturated rings. The summed E-state index contributed by atoms with van der Waals surface area (Å²) < 4.78 is 5.34. The number of alkyl carbamates (subject to hydrolysis) is 1. The van der Waals surface area contributed by atoms with Crippen molar-refractivity contribution in [1.29, 1.82) is 0 Å². The van der Waals surface area contributed by atoms with Crippen LogP contribution >= 0.6 is 0 Å². The normalized spacial score (nSPS) is 12.8. The SMILES string of the molecule is CCCCCCCN(C(=O)C(C)NC(=O)OC(C)(C)C)C(C(=O)NCc1ccccc1)c1ccc(O)c(C)c1. The van der Waals surface area contributed by atoms with E-state index in [0.717, 1.165) is 31.2 Å². The van der Waals surface area contributed by atoms with Crippen LogP contribution in [0, 0.1) is 6.92 Å². The number of benzene rings is 2. The molecule has 0 heterocycles. The minimum Gasteiger partial charge on any atom is -0.508 e. The van der Waals surface area contributed by atoms with E-state index in [2.05, 4.69) is 17.6 Å². The predicted octanol–water partition coefficient (Wildman–Crippen LogP) is 5.77. The topological polar surface area (TPSA) is 108 Å². The van der Waals surface area contributed by atoms with Gasteiger partial charge in [-0.3, -0.25) is 9.59 Å². The van der Waals surface area contributed by atoms with Gasteiger partial charge in [0.25, 0.3) is 0 Å². The Morgan fingerprint density at radius 3 is 2.28 bits per heavy atom. The van der Waals surface area contributed by atoms with Gasteiger partial charge in [-0.1, -0.05) is 69.0 Å². The lowest BCUT2D eigenvalue weighted by atomic mass is 9.99. The number of phenols is 1. The third-order valence-corrected chi connectivity index (χ3v) is 6.30. The van der Waals surface area contributed by atoms with Gasteiger partial charge in [0.15, 0.2) is 0 Å². The molecule has 0 aliphatic carbocycles. The van der Waals surface area contributed by atoms with E-state index in [1.54, 1.807) is 51.7 Å². The van der Waals surface area contributed by atoms with Crippen molar-refractivity contribution in [2.24, 2.45) is 0 Å². The fourth-order valence-electron chi connectivity index (χ4n) is 4.25. The Morgan fingerprint density at radius 1 is 1.00 bits per heavy atom. The highest BCUT2D eigenvalue weighted by atomic mass is 16.6. The number of amides is 3. The van der Waals surface area contributed by atoms with Crippen LogP contribution in [0.4, 0.5) is 4.79 Å². The molecule has 214 valence electrons. The number of aromatic hydroxyl groups is 1. The van der Waals surface area contributed by atoms with Gasteiger partial charge < -0.3 is 25.4 Å². The third kappa shape index (κ3) is 10.6. The molecule has 0 saturated carbocycles. The number of ether oxygens (including phenoxy) is 1. The Balaban J connectivity index is 2.38. The third-order valence-electron chi connectivity index (χ3n) is 6.30. The van der Waals surface area contributed by atoms with Crippen molar-refractivity contribution >= 4 is 17.9 Å². The first-order valence-electron chi connectivity index (χ1n) is 13.8. The summed E-state index contributed by atoms with van der Waals surface area (Å²) in [5, 5.41) is 15.7. The highest BCUT2D eigenvalue weighted by Gasteiger charge is 2.34. The quantitative estimate of drug-likeness (QED) is 0.280. The highest BCUT2D eigenvalue weighted by Crippen LogP contribution is 2.28. The number of aryl methyl sites for hydroxylation is 1. The van der Waals surface area contributed by atoms with Gasteiger partial charge in [0.05, 0.1) is 0 Å². The number of unbranched alkanes of at least 4 members (excludes halogenated alkanes) is 4. The molecule has 2 aromatic rings. The van der Waals surface area contributed by atoms with Crippen molar-refractivity contribution in [3.8, 4) is 5.75 Å². The number of phenolic OH excluding ortho intramolecular Hbond substituents is 1. The van der Waals surface area contributed by atoms with E-state index >= 15 is 0 Å². The van der Waals surface area contributed by atoms with Crippen LogP contribution in [0.15, 0.2) is 48.5 Å². The minimum absolute atomic E-state index is 0.111. The number of hydrogen-bond acceptors (Lipinski definition) is 5. The summed E-state index contributed by atoms with van der Waals surface area (Å²) in [5.41, 5.74) is 1.41. The average Bonchev–Trinajstić information content (AvgIpc) is 2.87. The van der Waals surface area contributed by atoms with Crippen LogP contribution in [0.1, 0.15) is 89.5 Å². The second-order valence-electron chi connectivity index (χ2n) is 11.0. The lowest BCUT2D eigenvalue weighted by molar-refractivity contribution is -0.142. The first-order chi connectivity index (χ1) is 18.4. The molecule has 0 bridgehead atoms. The molecule has 0 aliphatic rings. The number of hydrogen-bond donors (Lipinski definition) is 3. The predicted molar refractivity (Wildman–Crippen MR) is 153 cm³/mol. The van der Waals surface area contributed by atoms with Crippen LogP contribution in [-0.2, 0) is 20.9 Å². The van der Waals surface area contributed by atoms with Gasteiger partial charge >= 0.3 is 6.09 Å². The zero-order valence-corrected chi connectivity index (χ0v) is 24.3. The van der Waals surface area contributed by atoms with E-state index in [4.69, 9.17) is 4.74 Å². The van der Waals surface area contributed by atoms with E-state index in [1.807, 2.05) is 30.3 Å². The molecule has 39 heavy (non-hydrogen) atoms. The summed E-state index contributed by atoms with van der Waals surface area (Å²) in [6, 6.07) is 12.6. The summed E-state index contributed by atoms with van der Waals surface area (Å²) in [6.07, 6.45) is 4.16. The van der Waals surface area contributed by atoms with Gasteiger partial charge in [-0.15, -0.1) is 0 Å². The van der Waals surface area contributed by atoms with Crippen LogP contribution in [0.2, 0.25) is 0 Å². The maximum absolute atomic E-state index is 13.8. The zero-order chi connectivity index (χ0) is 29.0. The largest absolute Gasteiger partial charge is 0.508 e. The lowest BCUT2D eigenvalue weighted by Crippen LogP contribution is -2.52. The first-order valence-corrected chi connectivity index (χ1v) is 13.8. The number of carbonyl (C=O) groups is 3. The van der Waals surface area contributed by atoms with Crippen molar-refractivity contribution in [2.45, 2.75) is 97.9 Å². The summed E-state index contributed by atoms with van der Waals surface area (Å²) >= 11 is 0. The molecule has 2 unspecified atom stereocenters. The van der Waals surface area contributed by atoms with Gasteiger partial charge in [-0.2, -0.15) is 0 Å². The molecule has 0 spiro atoms. The maximum atomic E-state index is 13.8.